The normalized spacial score (nSPS) is 22.7. The van der Waals surface area contributed by atoms with E-state index >= 15 is 0 Å². The van der Waals surface area contributed by atoms with Gasteiger partial charge in [0.2, 0.25) is 5.91 Å². The van der Waals surface area contributed by atoms with Crippen molar-refractivity contribution in [3.05, 3.63) is 58.2 Å². The Morgan fingerprint density at radius 3 is 2.62 bits per heavy atom. The van der Waals surface area contributed by atoms with Crippen molar-refractivity contribution in [1.82, 2.24) is 45.0 Å². The highest BCUT2D eigenvalue weighted by Gasteiger charge is 2.43. The van der Waals surface area contributed by atoms with Crippen molar-refractivity contribution in [2.45, 2.75) is 116 Å². The molecule has 3 fully saturated rings. The second kappa shape index (κ2) is 19.9. The van der Waals surface area contributed by atoms with Crippen molar-refractivity contribution in [2.24, 2.45) is 11.3 Å². The van der Waals surface area contributed by atoms with Crippen molar-refractivity contribution in [3.63, 3.8) is 0 Å². The van der Waals surface area contributed by atoms with Crippen LogP contribution in [-0.2, 0) is 53.2 Å². The second-order valence-electron chi connectivity index (χ2n) is 20.4. The van der Waals surface area contributed by atoms with Crippen molar-refractivity contribution in [1.29, 1.82) is 0 Å². The molecule has 2 N–H and O–H groups in total. The quantitative estimate of drug-likeness (QED) is 0.173. The van der Waals surface area contributed by atoms with Crippen LogP contribution in [0.5, 0.6) is 0 Å². The zero-order valence-electron chi connectivity index (χ0n) is 41.1. The first-order chi connectivity index (χ1) is 32.3. The van der Waals surface area contributed by atoms with Gasteiger partial charge in [0, 0.05) is 98.9 Å². The molecule has 8 rings (SSSR count). The van der Waals surface area contributed by atoms with Gasteiger partial charge in [-0.25, -0.2) is 15.2 Å². The number of pyridine rings is 1. The first-order valence-electron chi connectivity index (χ1n) is 24.1. The summed E-state index contributed by atoms with van der Waals surface area (Å²) >= 11 is 1.42. The summed E-state index contributed by atoms with van der Waals surface area (Å²) in [5, 5.41) is 7.34. The van der Waals surface area contributed by atoms with E-state index in [0.717, 1.165) is 70.6 Å². The number of cyclic esters (lactones) is 1. The highest BCUT2D eigenvalue weighted by atomic mass is 32.1. The third-order valence-electron chi connectivity index (χ3n) is 14.2. The van der Waals surface area contributed by atoms with Crippen molar-refractivity contribution in [3.8, 4) is 22.5 Å². The summed E-state index contributed by atoms with van der Waals surface area (Å²) in [5.74, 6) is -1.56. The van der Waals surface area contributed by atoms with E-state index in [1.165, 1.54) is 21.2 Å². The van der Waals surface area contributed by atoms with Crippen LogP contribution in [-0.4, -0.2) is 159 Å². The Kier molecular flexibility index (Phi) is 14.6. The molecule has 3 saturated heterocycles. The van der Waals surface area contributed by atoms with Crippen LogP contribution in [0.15, 0.2) is 41.9 Å². The smallest absolute Gasteiger partial charge is 0.324 e. The lowest BCUT2D eigenvalue weighted by Crippen LogP contribution is -2.63. The van der Waals surface area contributed by atoms with Crippen molar-refractivity contribution in [2.75, 3.05) is 67.1 Å². The van der Waals surface area contributed by atoms with Gasteiger partial charge < -0.3 is 38.8 Å². The van der Waals surface area contributed by atoms with E-state index in [1.807, 2.05) is 32.2 Å². The molecule has 16 nitrogen and oxygen atoms in total. The molecule has 4 atom stereocenters. The van der Waals surface area contributed by atoms with E-state index in [2.05, 4.69) is 82.5 Å². The summed E-state index contributed by atoms with van der Waals surface area (Å²) in [5.41, 5.74) is 8.83. The number of carbonyl (C=O) groups excluding carboxylic acids is 4. The summed E-state index contributed by atoms with van der Waals surface area (Å²) in [6, 6.07) is 7.46. The Hall–Kier alpha value is -4.72. The summed E-state index contributed by atoms with van der Waals surface area (Å²) in [7, 11) is 9.27. The zero-order chi connectivity index (χ0) is 48.7. The molecule has 18 heteroatoms. The number of methoxy groups -OCH3 is 1. The minimum atomic E-state index is -1.06. The SMILES string of the molecule is CCn1c(-c2cccnc2[C@@](C)([Si])OC)c2c3cc(ccc31)-c1csc(n1)C[C@H](NC(=O)[C@H](C(C)C)N(C)C(=O)N1CCC3(CC1)CN(C)CCO3)C(=O)N1CCC[C@H](N1)C(=O)OCC(C)(C)C2. The van der Waals surface area contributed by atoms with Crippen molar-refractivity contribution >= 4 is 56.3 Å². The van der Waals surface area contributed by atoms with Crippen LogP contribution in [0.3, 0.4) is 0 Å². The summed E-state index contributed by atoms with van der Waals surface area (Å²) in [4.78, 5) is 72.9. The van der Waals surface area contributed by atoms with Gasteiger partial charge in [-0.15, -0.1) is 11.3 Å². The monoisotopic (exact) mass is 966 g/mol. The van der Waals surface area contributed by atoms with E-state index in [1.54, 1.807) is 25.3 Å². The van der Waals surface area contributed by atoms with Crippen LogP contribution in [0.4, 0.5) is 4.79 Å². The van der Waals surface area contributed by atoms with Crippen LogP contribution in [0, 0.1) is 11.3 Å². The molecule has 3 radical (unpaired) electrons. The van der Waals surface area contributed by atoms with Gasteiger partial charge in [0.1, 0.15) is 18.1 Å². The molecule has 4 aliphatic heterocycles. The lowest BCUT2D eigenvalue weighted by molar-refractivity contribution is -0.155. The first-order valence-corrected chi connectivity index (χ1v) is 25.5. The number of hydrogen-bond donors (Lipinski definition) is 2. The predicted octanol–water partition coefficient (Wildman–Crippen LogP) is 5.36. The molecule has 1 aromatic carbocycles. The number of amides is 4. The molecule has 0 saturated carbocycles. The van der Waals surface area contributed by atoms with Gasteiger partial charge in [-0.2, -0.15) is 0 Å². The summed E-state index contributed by atoms with van der Waals surface area (Å²) in [6.45, 7) is 16.6. The lowest BCUT2D eigenvalue weighted by Gasteiger charge is -2.47. The van der Waals surface area contributed by atoms with E-state index in [9.17, 15) is 19.2 Å². The number of rotatable bonds is 8. The van der Waals surface area contributed by atoms with Crippen LogP contribution in [0.25, 0.3) is 33.4 Å². The molecule has 6 bridgehead atoms. The highest BCUT2D eigenvalue weighted by molar-refractivity contribution is 7.10. The largest absolute Gasteiger partial charge is 0.464 e. The lowest BCUT2D eigenvalue weighted by atomic mass is 9.84. The van der Waals surface area contributed by atoms with Crippen molar-refractivity contribution < 1.29 is 33.4 Å². The number of nitrogens with zero attached hydrogens (tertiary/aromatic N) is 7. The number of carbonyl (C=O) groups is 4. The van der Waals surface area contributed by atoms with Gasteiger partial charge in [-0.1, -0.05) is 33.8 Å². The van der Waals surface area contributed by atoms with Crippen LogP contribution < -0.4 is 10.7 Å². The van der Waals surface area contributed by atoms with Gasteiger partial charge in [-0.05, 0) is 88.7 Å². The van der Waals surface area contributed by atoms with E-state index in [4.69, 9.17) is 24.2 Å². The predicted molar refractivity (Wildman–Crippen MR) is 263 cm³/mol. The Labute approximate surface area is 407 Å². The average Bonchev–Trinajstić information content (AvgIpc) is 3.91. The highest BCUT2D eigenvalue weighted by Crippen LogP contribution is 2.42. The number of aryl methyl sites for hydroxylation is 1. The fourth-order valence-corrected chi connectivity index (χ4v) is 11.6. The zero-order valence-corrected chi connectivity index (χ0v) is 43.0. The maximum absolute atomic E-state index is 14.7. The van der Waals surface area contributed by atoms with Crippen LogP contribution in [0.1, 0.15) is 83.5 Å². The fourth-order valence-electron chi connectivity index (χ4n) is 10.6. The number of aromatic nitrogens is 3. The number of ether oxygens (including phenoxy) is 3. The molecule has 365 valence electrons. The standard InChI is InChI=1S/C50H68N9O7SSi/c1-10-58-39-16-15-32-25-34(39)35(42(58)33-13-11-19-51-43(33)49(6,68)64-9)27-48(4,5)30-65-46(62)36-14-12-20-59(54-36)45(61)37(26-40-52-38(32)28-67-40)53-44(60)41(31(2)3)56(8)47(63)57-21-17-50(18-22-57)29-55(7)23-24-66-50/h11,13,15-16,19,25,28,31,36-37,41,54H,10,12,14,17-18,20-24,26-27,29-30H2,1-9H3,(H,53,60)/t36-,37-,41-,49+/m0/s1. The molecule has 1 spiro atoms. The summed E-state index contributed by atoms with van der Waals surface area (Å²) in [6.07, 6.45) is 4.90. The Morgan fingerprint density at radius 2 is 1.91 bits per heavy atom. The average molecular weight is 967 g/mol. The molecule has 4 amide bonds. The molecular formula is C50H68N9O7SSi. The molecule has 7 heterocycles. The molecule has 0 aliphatic carbocycles. The third kappa shape index (κ3) is 10.1. The Balaban J connectivity index is 1.13. The van der Waals surface area contributed by atoms with E-state index < -0.39 is 46.5 Å². The molecule has 3 aromatic heterocycles. The number of morpholine rings is 1. The van der Waals surface area contributed by atoms with E-state index in [0.29, 0.717) is 57.1 Å². The number of urea groups is 1. The van der Waals surface area contributed by atoms with Gasteiger partial charge in [0.15, 0.2) is 0 Å². The van der Waals surface area contributed by atoms with Gasteiger partial charge in [0.05, 0.1) is 56.4 Å². The third-order valence-corrected chi connectivity index (χ3v) is 15.6. The number of hydrazine groups is 1. The van der Waals surface area contributed by atoms with Gasteiger partial charge in [0.25, 0.3) is 5.91 Å². The summed E-state index contributed by atoms with van der Waals surface area (Å²) < 4.78 is 20.6. The van der Waals surface area contributed by atoms with Crippen LogP contribution in [0.2, 0.25) is 0 Å². The molecule has 4 aromatic rings. The number of likely N-dealkylation sites (N-methyl/N-ethyl adjacent to an activating group) is 2. The number of nitrogens with one attached hydrogen (secondary N) is 2. The van der Waals surface area contributed by atoms with Crippen LogP contribution >= 0.6 is 11.3 Å². The number of benzene rings is 1. The minimum Gasteiger partial charge on any atom is -0.464 e. The topological polar surface area (TPSA) is 164 Å². The van der Waals surface area contributed by atoms with Gasteiger partial charge >= 0.3 is 12.0 Å². The number of fused-ring (bicyclic) bond motifs is 6. The first kappa shape index (κ1) is 49.7. The molecular weight excluding hydrogens is 899 g/mol. The number of esters is 1. The van der Waals surface area contributed by atoms with E-state index in [-0.39, 0.29) is 30.6 Å². The molecule has 68 heavy (non-hydrogen) atoms. The maximum atomic E-state index is 14.7. The fraction of sp³-hybridized carbons (Fsp3) is 0.600. The Bertz CT molecular complexity index is 2520. The number of thiazole rings is 1. The second-order valence-corrected chi connectivity index (χ2v) is 22.3. The molecule has 4 aliphatic rings. The number of hydrogen-bond acceptors (Lipinski definition) is 12. The minimum absolute atomic E-state index is 0.0974. The maximum Gasteiger partial charge on any atom is 0.324 e. The number of likely N-dealkylation sites (tertiary alicyclic amines) is 1. The molecule has 0 unspecified atom stereocenters. The Morgan fingerprint density at radius 1 is 1.15 bits per heavy atom. The number of piperidine rings is 1. The van der Waals surface area contributed by atoms with Gasteiger partial charge in [-0.3, -0.25) is 24.4 Å².